The topological polar surface area (TPSA) is 103 Å². The van der Waals surface area contributed by atoms with Crippen LogP contribution in [0.15, 0.2) is 0 Å². The molecule has 0 saturated carbocycles. The summed E-state index contributed by atoms with van der Waals surface area (Å²) in [4.78, 5) is 23.1. The number of carboxylic acid groups (broad SMARTS) is 1. The standard InChI is InChI=1S/C27H52O4.H3N/c1-4-7-10-13-16-19-22-27(31-26(30)25(28)29,23-20-17-14-11-8-5-2)24-21-18-15-12-9-6-3;/h4-24H2,1-3H3,(H,28,29);1H3. The van der Waals surface area contributed by atoms with Gasteiger partial charge >= 0.3 is 5.97 Å². The lowest BCUT2D eigenvalue weighted by atomic mass is 9.84. The molecule has 0 spiro atoms. The minimum Gasteiger partial charge on any atom is -0.539 e. The zero-order valence-corrected chi connectivity index (χ0v) is 22.0. The Bertz CT molecular complexity index is 399. The molecule has 0 radical (unpaired) electrons. The maximum Gasteiger partial charge on any atom is 0.354 e. The molecule has 0 aliphatic heterocycles. The van der Waals surface area contributed by atoms with Gasteiger partial charge in [0.25, 0.3) is 0 Å². The maximum absolute atomic E-state index is 12.0. The lowest BCUT2D eigenvalue weighted by molar-refractivity contribution is -0.305. The second-order valence-electron chi connectivity index (χ2n) is 9.41. The highest BCUT2D eigenvalue weighted by Crippen LogP contribution is 2.33. The molecular weight excluding hydrogens is 402 g/mol. The van der Waals surface area contributed by atoms with Gasteiger partial charge in [-0.2, -0.15) is 0 Å². The van der Waals surface area contributed by atoms with Gasteiger partial charge in [0.05, 0.1) is 0 Å². The molecule has 0 aliphatic carbocycles. The van der Waals surface area contributed by atoms with Gasteiger partial charge in [-0.1, -0.05) is 117 Å². The van der Waals surface area contributed by atoms with Crippen molar-refractivity contribution in [3.8, 4) is 0 Å². The third kappa shape index (κ3) is 18.5. The Morgan fingerprint density at radius 2 is 0.844 bits per heavy atom. The summed E-state index contributed by atoms with van der Waals surface area (Å²) in [5.74, 6) is -2.89. The summed E-state index contributed by atoms with van der Waals surface area (Å²) in [5.41, 5.74) is -0.628. The Hall–Kier alpha value is -1.10. The zero-order valence-electron chi connectivity index (χ0n) is 22.0. The summed E-state index contributed by atoms with van der Waals surface area (Å²) >= 11 is 0. The normalized spacial score (nSPS) is 11.2. The average molecular weight is 458 g/mol. The Kier molecular flexibility index (Phi) is 23.8. The first kappa shape index (κ1) is 33.1. The summed E-state index contributed by atoms with van der Waals surface area (Å²) in [7, 11) is 0. The van der Waals surface area contributed by atoms with Crippen molar-refractivity contribution in [2.75, 3.05) is 0 Å². The molecule has 0 atom stereocenters. The number of unbranched alkanes of at least 4 members (excludes halogenated alkanes) is 15. The summed E-state index contributed by atoms with van der Waals surface area (Å²) in [6.07, 6.45) is 23.5. The number of carbonyl (C=O) groups excluding carboxylic acids is 2. The highest BCUT2D eigenvalue weighted by molar-refractivity contribution is 6.27. The van der Waals surface area contributed by atoms with Gasteiger partial charge in [0.2, 0.25) is 0 Å². The fraction of sp³-hybridized carbons (Fsp3) is 0.926. The van der Waals surface area contributed by atoms with Crippen molar-refractivity contribution >= 4 is 11.9 Å². The van der Waals surface area contributed by atoms with E-state index in [1.807, 2.05) is 0 Å². The quantitative estimate of drug-likeness (QED) is 0.102. The molecule has 0 aliphatic rings. The van der Waals surface area contributed by atoms with Gasteiger partial charge in [-0.15, -0.1) is 0 Å². The van der Waals surface area contributed by atoms with Crippen LogP contribution in [0.1, 0.15) is 156 Å². The van der Waals surface area contributed by atoms with Crippen LogP contribution >= 0.6 is 0 Å². The lowest BCUT2D eigenvalue weighted by Crippen LogP contribution is -2.42. The van der Waals surface area contributed by atoms with E-state index >= 15 is 0 Å². The molecule has 0 bridgehead atoms. The van der Waals surface area contributed by atoms with Gasteiger partial charge in [0.1, 0.15) is 5.60 Å². The fourth-order valence-electron chi connectivity index (χ4n) is 4.45. The lowest BCUT2D eigenvalue weighted by Gasteiger charge is -2.34. The van der Waals surface area contributed by atoms with Crippen LogP contribution in [0.3, 0.4) is 0 Å². The van der Waals surface area contributed by atoms with Crippen molar-refractivity contribution in [1.82, 2.24) is 6.15 Å². The number of aliphatic carboxylic acids is 1. The van der Waals surface area contributed by atoms with E-state index in [0.29, 0.717) is 0 Å². The van der Waals surface area contributed by atoms with Gasteiger partial charge < -0.3 is 20.8 Å². The Labute approximate surface area is 199 Å². The average Bonchev–Trinajstić information content (AvgIpc) is 2.75. The molecule has 5 nitrogen and oxygen atoms in total. The molecule has 0 amide bonds. The maximum atomic E-state index is 12.0. The van der Waals surface area contributed by atoms with Gasteiger partial charge in [-0.25, -0.2) is 4.79 Å². The SMILES string of the molecule is CCCCCCCCC(CCCCCCCC)(CCCCCCCC)OC(=O)C(=O)[O-].[NH4+]. The third-order valence-corrected chi connectivity index (χ3v) is 6.43. The number of hydrogen-bond acceptors (Lipinski definition) is 4. The van der Waals surface area contributed by atoms with Gasteiger partial charge in [-0.05, 0) is 38.5 Å². The first-order chi connectivity index (χ1) is 15.0. The summed E-state index contributed by atoms with van der Waals surface area (Å²) < 4.78 is 5.68. The summed E-state index contributed by atoms with van der Waals surface area (Å²) in [6.45, 7) is 6.64. The Morgan fingerprint density at radius 1 is 0.562 bits per heavy atom. The molecule has 5 heteroatoms. The van der Waals surface area contributed by atoms with E-state index in [4.69, 9.17) is 4.74 Å². The molecule has 0 saturated heterocycles. The van der Waals surface area contributed by atoms with E-state index in [0.717, 1.165) is 57.8 Å². The van der Waals surface area contributed by atoms with Gasteiger partial charge in [0.15, 0.2) is 5.97 Å². The molecule has 0 fully saturated rings. The molecule has 4 N–H and O–H groups in total. The van der Waals surface area contributed by atoms with Crippen LogP contribution in [-0.4, -0.2) is 17.5 Å². The summed E-state index contributed by atoms with van der Waals surface area (Å²) in [5, 5.41) is 11.1. The molecule has 0 aromatic heterocycles. The minimum atomic E-state index is -1.71. The minimum absolute atomic E-state index is 0. The van der Waals surface area contributed by atoms with Crippen molar-refractivity contribution in [1.29, 1.82) is 0 Å². The second-order valence-corrected chi connectivity index (χ2v) is 9.41. The highest BCUT2D eigenvalue weighted by atomic mass is 16.6. The van der Waals surface area contributed by atoms with E-state index in [-0.39, 0.29) is 6.15 Å². The number of ether oxygens (including phenoxy) is 1. The van der Waals surface area contributed by atoms with Crippen LogP contribution < -0.4 is 11.3 Å². The predicted octanol–water partition coefficient (Wildman–Crippen LogP) is 7.65. The second kappa shape index (κ2) is 23.1. The van der Waals surface area contributed by atoms with Crippen LogP contribution in [-0.2, 0) is 14.3 Å². The number of carbonyl (C=O) groups is 2. The fourth-order valence-corrected chi connectivity index (χ4v) is 4.45. The molecule has 0 aromatic carbocycles. The summed E-state index contributed by atoms with van der Waals surface area (Å²) in [6, 6.07) is 0. The van der Waals surface area contributed by atoms with Crippen LogP contribution in [0.4, 0.5) is 0 Å². The molecule has 0 aromatic rings. The van der Waals surface area contributed by atoms with E-state index in [1.54, 1.807) is 0 Å². The first-order valence-electron chi connectivity index (χ1n) is 13.5. The molecular formula is C27H55NO4. The highest BCUT2D eigenvalue weighted by Gasteiger charge is 2.33. The Balaban J connectivity index is 0. The van der Waals surface area contributed by atoms with E-state index in [9.17, 15) is 14.7 Å². The van der Waals surface area contributed by atoms with E-state index in [1.165, 1.54) is 77.0 Å². The number of carboxylic acids is 1. The predicted molar refractivity (Wildman–Crippen MR) is 134 cm³/mol. The zero-order chi connectivity index (χ0) is 23.2. The van der Waals surface area contributed by atoms with Crippen molar-refractivity contribution in [2.45, 2.75) is 161 Å². The number of hydrogen-bond donors (Lipinski definition) is 1. The molecule has 0 unspecified atom stereocenters. The van der Waals surface area contributed by atoms with Gasteiger partial charge in [0, 0.05) is 0 Å². The van der Waals surface area contributed by atoms with Gasteiger partial charge in [-0.3, -0.25) is 0 Å². The van der Waals surface area contributed by atoms with Crippen LogP contribution in [0.25, 0.3) is 0 Å². The first-order valence-corrected chi connectivity index (χ1v) is 13.5. The molecule has 192 valence electrons. The van der Waals surface area contributed by atoms with E-state index < -0.39 is 17.5 Å². The molecule has 32 heavy (non-hydrogen) atoms. The van der Waals surface area contributed by atoms with Crippen molar-refractivity contribution < 1.29 is 19.4 Å². The van der Waals surface area contributed by atoms with Crippen molar-refractivity contribution in [3.63, 3.8) is 0 Å². The monoisotopic (exact) mass is 457 g/mol. The third-order valence-electron chi connectivity index (χ3n) is 6.43. The van der Waals surface area contributed by atoms with Crippen molar-refractivity contribution in [2.24, 2.45) is 0 Å². The Morgan fingerprint density at radius 3 is 1.12 bits per heavy atom. The number of quaternary nitrogens is 1. The molecule has 0 heterocycles. The van der Waals surface area contributed by atoms with Crippen LogP contribution in [0.2, 0.25) is 0 Å². The van der Waals surface area contributed by atoms with Crippen LogP contribution in [0, 0.1) is 0 Å². The number of rotatable bonds is 22. The molecule has 0 rings (SSSR count). The van der Waals surface area contributed by atoms with E-state index in [2.05, 4.69) is 20.8 Å². The van der Waals surface area contributed by atoms with Crippen LogP contribution in [0.5, 0.6) is 0 Å². The van der Waals surface area contributed by atoms with Crippen molar-refractivity contribution in [3.05, 3.63) is 0 Å². The smallest absolute Gasteiger partial charge is 0.354 e. The number of esters is 1. The largest absolute Gasteiger partial charge is 0.539 e.